The Hall–Kier alpha value is -2.14. The van der Waals surface area contributed by atoms with Crippen molar-refractivity contribution >= 4 is 34.0 Å². The van der Waals surface area contributed by atoms with Crippen LogP contribution in [-0.2, 0) is 0 Å². The van der Waals surface area contributed by atoms with Gasteiger partial charge in [-0.15, -0.1) is 0 Å². The minimum Gasteiger partial charge on any atom is -0.358 e. The summed E-state index contributed by atoms with van der Waals surface area (Å²) in [6, 6.07) is 14.0. The first-order chi connectivity index (χ1) is 12.0. The van der Waals surface area contributed by atoms with Gasteiger partial charge in [-0.2, -0.15) is 0 Å². The van der Waals surface area contributed by atoms with Crippen molar-refractivity contribution < 1.29 is 4.79 Å². The summed E-state index contributed by atoms with van der Waals surface area (Å²) in [5.41, 5.74) is 6.12. The van der Waals surface area contributed by atoms with Crippen LogP contribution in [0.25, 0.3) is 10.8 Å². The van der Waals surface area contributed by atoms with Gasteiger partial charge in [0.15, 0.2) is 5.11 Å². The molecular formula is C20H25N3OS. The first-order valence-corrected chi connectivity index (χ1v) is 9.31. The van der Waals surface area contributed by atoms with Gasteiger partial charge in [0, 0.05) is 11.6 Å². The zero-order chi connectivity index (χ0) is 17.8. The largest absolute Gasteiger partial charge is 0.358 e. The number of benzene rings is 2. The molecule has 2 aromatic rings. The molecule has 1 amide bonds. The normalized spacial score (nSPS) is 23.0. The highest BCUT2D eigenvalue weighted by Crippen LogP contribution is 2.29. The summed E-state index contributed by atoms with van der Waals surface area (Å²) in [6.07, 6.45) is 3.61. The van der Waals surface area contributed by atoms with E-state index in [1.54, 1.807) is 0 Å². The molecule has 1 aliphatic carbocycles. The van der Waals surface area contributed by atoms with Crippen LogP contribution in [-0.4, -0.2) is 17.1 Å². The lowest BCUT2D eigenvalue weighted by atomic mass is 9.78. The summed E-state index contributed by atoms with van der Waals surface area (Å²) >= 11 is 5.33. The minimum atomic E-state index is -0.194. The Morgan fingerprint density at radius 3 is 2.60 bits per heavy atom. The molecule has 0 aliphatic heterocycles. The number of carbonyl (C=O) groups excluding carboxylic acids is 1. The number of rotatable bonds is 2. The Kier molecular flexibility index (Phi) is 5.53. The predicted molar refractivity (Wildman–Crippen MR) is 106 cm³/mol. The van der Waals surface area contributed by atoms with Crippen molar-refractivity contribution in [3.05, 3.63) is 48.0 Å². The zero-order valence-corrected chi connectivity index (χ0v) is 15.5. The van der Waals surface area contributed by atoms with Crippen LogP contribution in [0.2, 0.25) is 0 Å². The highest BCUT2D eigenvalue weighted by Gasteiger charge is 2.27. The van der Waals surface area contributed by atoms with Crippen LogP contribution in [0.1, 0.15) is 43.5 Å². The van der Waals surface area contributed by atoms with E-state index in [0.717, 1.165) is 17.2 Å². The molecule has 132 valence electrons. The number of hydrogen-bond donors (Lipinski definition) is 3. The van der Waals surface area contributed by atoms with E-state index in [4.69, 9.17) is 12.2 Å². The Morgan fingerprint density at radius 1 is 1.04 bits per heavy atom. The molecule has 0 radical (unpaired) electrons. The maximum absolute atomic E-state index is 12.3. The Morgan fingerprint density at radius 2 is 1.80 bits per heavy atom. The second kappa shape index (κ2) is 7.83. The average Bonchev–Trinajstić information content (AvgIpc) is 2.63. The van der Waals surface area contributed by atoms with Crippen LogP contribution in [0.3, 0.4) is 0 Å². The van der Waals surface area contributed by atoms with Crippen molar-refractivity contribution in [1.29, 1.82) is 0 Å². The second-order valence-corrected chi connectivity index (χ2v) is 7.40. The van der Waals surface area contributed by atoms with E-state index in [1.165, 1.54) is 12.8 Å². The summed E-state index contributed by atoms with van der Waals surface area (Å²) in [5.74, 6) is 1.07. The number of carbonyl (C=O) groups is 1. The van der Waals surface area contributed by atoms with Gasteiger partial charge in [0.2, 0.25) is 0 Å². The van der Waals surface area contributed by atoms with Crippen molar-refractivity contribution in [3.8, 4) is 0 Å². The fraction of sp³-hybridized carbons (Fsp3) is 0.400. The standard InChI is InChI=1S/C20H25N3OS/c1-13-6-5-9-18(14(13)2)21-20(25)23-22-19(24)17-11-10-15-7-3-4-8-16(15)12-17/h3-4,7-8,10-14,18H,5-6,9H2,1-2H3,(H,22,24)(H2,21,23,25)/t13-,14-,18-/m1/s1. The molecule has 3 rings (SSSR count). The topological polar surface area (TPSA) is 53.2 Å². The SMILES string of the molecule is C[C@@H]1[C@H](C)CCC[C@H]1NC(=S)NNC(=O)c1ccc2ccccc2c1. The molecule has 0 aromatic heterocycles. The smallest absolute Gasteiger partial charge is 0.269 e. The lowest BCUT2D eigenvalue weighted by molar-refractivity contribution is 0.0943. The van der Waals surface area contributed by atoms with Gasteiger partial charge in [0.1, 0.15) is 0 Å². The third kappa shape index (κ3) is 4.28. The van der Waals surface area contributed by atoms with Crippen molar-refractivity contribution in [2.24, 2.45) is 11.8 Å². The van der Waals surface area contributed by atoms with E-state index >= 15 is 0 Å². The molecule has 3 N–H and O–H groups in total. The fourth-order valence-corrected chi connectivity index (χ4v) is 3.71. The van der Waals surface area contributed by atoms with Crippen LogP contribution in [0, 0.1) is 11.8 Å². The van der Waals surface area contributed by atoms with Crippen LogP contribution in [0.15, 0.2) is 42.5 Å². The van der Waals surface area contributed by atoms with Gasteiger partial charge in [-0.05, 0) is 53.4 Å². The number of hydrazine groups is 1. The summed E-state index contributed by atoms with van der Waals surface area (Å²) < 4.78 is 0. The molecule has 3 atom stereocenters. The molecule has 2 aromatic carbocycles. The highest BCUT2D eigenvalue weighted by atomic mass is 32.1. The Bertz CT molecular complexity index is 776. The monoisotopic (exact) mass is 355 g/mol. The Labute approximate surface area is 154 Å². The maximum Gasteiger partial charge on any atom is 0.269 e. The molecule has 25 heavy (non-hydrogen) atoms. The van der Waals surface area contributed by atoms with Crippen LogP contribution in [0.4, 0.5) is 0 Å². The van der Waals surface area contributed by atoms with E-state index < -0.39 is 0 Å². The van der Waals surface area contributed by atoms with E-state index in [-0.39, 0.29) is 5.91 Å². The Balaban J connectivity index is 1.55. The molecule has 0 heterocycles. The molecule has 1 aliphatic rings. The van der Waals surface area contributed by atoms with Crippen molar-refractivity contribution in [2.45, 2.75) is 39.2 Å². The quantitative estimate of drug-likeness (QED) is 0.567. The molecule has 0 bridgehead atoms. The summed E-state index contributed by atoms with van der Waals surface area (Å²) in [4.78, 5) is 12.3. The van der Waals surface area contributed by atoms with Gasteiger partial charge in [-0.25, -0.2) is 0 Å². The molecular weight excluding hydrogens is 330 g/mol. The van der Waals surface area contributed by atoms with E-state index in [2.05, 4.69) is 30.0 Å². The third-order valence-corrected chi connectivity index (χ3v) is 5.54. The van der Waals surface area contributed by atoms with Crippen LogP contribution >= 0.6 is 12.2 Å². The predicted octanol–water partition coefficient (Wildman–Crippen LogP) is 3.77. The van der Waals surface area contributed by atoms with Gasteiger partial charge >= 0.3 is 0 Å². The first kappa shape index (κ1) is 17.7. The van der Waals surface area contributed by atoms with E-state index in [1.807, 2.05) is 42.5 Å². The van der Waals surface area contributed by atoms with Gasteiger partial charge in [-0.1, -0.05) is 57.0 Å². The summed E-state index contributed by atoms with van der Waals surface area (Å²) in [6.45, 7) is 4.55. The summed E-state index contributed by atoms with van der Waals surface area (Å²) in [7, 11) is 0. The van der Waals surface area contributed by atoms with Gasteiger partial charge < -0.3 is 5.32 Å². The molecule has 0 saturated heterocycles. The lowest BCUT2D eigenvalue weighted by Crippen LogP contribution is -2.52. The zero-order valence-electron chi connectivity index (χ0n) is 14.7. The first-order valence-electron chi connectivity index (χ1n) is 8.90. The number of amides is 1. The molecule has 1 fully saturated rings. The van der Waals surface area contributed by atoms with E-state index in [0.29, 0.717) is 28.6 Å². The van der Waals surface area contributed by atoms with E-state index in [9.17, 15) is 4.79 Å². The molecule has 5 heteroatoms. The molecule has 0 unspecified atom stereocenters. The average molecular weight is 356 g/mol. The molecule has 1 saturated carbocycles. The third-order valence-electron chi connectivity index (χ3n) is 5.32. The van der Waals surface area contributed by atoms with Crippen molar-refractivity contribution in [3.63, 3.8) is 0 Å². The summed E-state index contributed by atoms with van der Waals surface area (Å²) in [5, 5.41) is 5.97. The second-order valence-electron chi connectivity index (χ2n) is 6.99. The minimum absolute atomic E-state index is 0.194. The number of nitrogens with one attached hydrogen (secondary N) is 3. The number of fused-ring (bicyclic) bond motifs is 1. The fourth-order valence-electron chi connectivity index (χ4n) is 3.51. The maximum atomic E-state index is 12.3. The van der Waals surface area contributed by atoms with Crippen LogP contribution in [0.5, 0.6) is 0 Å². The number of thiocarbonyl (C=S) groups is 1. The van der Waals surface area contributed by atoms with Gasteiger partial charge in [0.05, 0.1) is 0 Å². The van der Waals surface area contributed by atoms with Crippen LogP contribution < -0.4 is 16.2 Å². The lowest BCUT2D eigenvalue weighted by Gasteiger charge is -2.35. The molecule has 0 spiro atoms. The number of hydrogen-bond acceptors (Lipinski definition) is 2. The van der Waals surface area contributed by atoms with Crippen molar-refractivity contribution in [1.82, 2.24) is 16.2 Å². The van der Waals surface area contributed by atoms with Gasteiger partial charge in [-0.3, -0.25) is 15.6 Å². The van der Waals surface area contributed by atoms with Gasteiger partial charge in [0.25, 0.3) is 5.91 Å². The van der Waals surface area contributed by atoms with Crippen molar-refractivity contribution in [2.75, 3.05) is 0 Å². The molecule has 4 nitrogen and oxygen atoms in total. The highest BCUT2D eigenvalue weighted by molar-refractivity contribution is 7.80.